The van der Waals surface area contributed by atoms with Crippen molar-refractivity contribution in [3.05, 3.63) is 34.4 Å². The molecule has 0 saturated carbocycles. The van der Waals surface area contributed by atoms with E-state index < -0.39 is 0 Å². The Morgan fingerprint density at radius 3 is 2.56 bits per heavy atom. The predicted octanol–water partition coefficient (Wildman–Crippen LogP) is 4.00. The second-order valence-corrected chi connectivity index (χ2v) is 5.76. The third-order valence-electron chi connectivity index (χ3n) is 2.58. The molecule has 0 radical (unpaired) electrons. The van der Waals surface area contributed by atoms with Crippen LogP contribution in [0.4, 0.5) is 0 Å². The van der Waals surface area contributed by atoms with Gasteiger partial charge < -0.3 is 5.11 Å². The number of aromatic nitrogens is 1. The van der Waals surface area contributed by atoms with E-state index in [1.165, 1.54) is 5.56 Å². The van der Waals surface area contributed by atoms with Crippen LogP contribution in [0.15, 0.2) is 28.9 Å². The molecule has 1 aromatic carbocycles. The van der Waals surface area contributed by atoms with Gasteiger partial charge in [-0.05, 0) is 33.0 Å². The molecule has 0 spiro atoms. The normalized spacial score (nSPS) is 12.0. The van der Waals surface area contributed by atoms with Crippen LogP contribution in [-0.4, -0.2) is 10.1 Å². The van der Waals surface area contributed by atoms with E-state index >= 15 is 0 Å². The van der Waals surface area contributed by atoms with E-state index in [4.69, 9.17) is 0 Å². The number of fused-ring (bicyclic) bond motifs is 1. The minimum Gasteiger partial charge on any atom is -0.506 e. The quantitative estimate of drug-likeness (QED) is 0.791. The van der Waals surface area contributed by atoms with Gasteiger partial charge in [0.05, 0.1) is 0 Å². The molecular weight excluding hydrogens is 266 g/mol. The smallest absolute Gasteiger partial charge is 0.141 e. The maximum absolute atomic E-state index is 9.77. The fraction of sp³-hybridized carbons (Fsp3) is 0.308. The van der Waals surface area contributed by atoms with Gasteiger partial charge in [0.15, 0.2) is 0 Å². The number of pyridine rings is 1. The lowest BCUT2D eigenvalue weighted by atomic mass is 9.85. The summed E-state index contributed by atoms with van der Waals surface area (Å²) in [5.74, 6) is 0.232. The SMILES string of the molecule is CC(C)(C)c1c(Br)cnc2c(O)cccc12. The number of rotatable bonds is 0. The molecule has 2 aromatic rings. The molecule has 0 saturated heterocycles. The molecule has 2 rings (SSSR count). The molecule has 0 atom stereocenters. The van der Waals surface area contributed by atoms with E-state index in [0.29, 0.717) is 5.52 Å². The Hall–Kier alpha value is -1.09. The van der Waals surface area contributed by atoms with Crippen LogP contribution in [0.5, 0.6) is 5.75 Å². The van der Waals surface area contributed by atoms with E-state index in [9.17, 15) is 5.11 Å². The second-order valence-electron chi connectivity index (χ2n) is 4.90. The number of nitrogens with zero attached hydrogens (tertiary/aromatic N) is 1. The first-order valence-corrected chi connectivity index (χ1v) is 5.97. The van der Waals surface area contributed by atoms with Gasteiger partial charge in [0.25, 0.3) is 0 Å². The van der Waals surface area contributed by atoms with Crippen molar-refractivity contribution >= 4 is 26.8 Å². The number of aromatic hydroxyl groups is 1. The maximum Gasteiger partial charge on any atom is 0.141 e. The zero-order valence-corrected chi connectivity index (χ0v) is 11.2. The van der Waals surface area contributed by atoms with Crippen LogP contribution in [0.25, 0.3) is 10.9 Å². The summed E-state index contributed by atoms with van der Waals surface area (Å²) >= 11 is 3.53. The van der Waals surface area contributed by atoms with Crippen LogP contribution < -0.4 is 0 Å². The highest BCUT2D eigenvalue weighted by Gasteiger charge is 2.21. The molecule has 3 heteroatoms. The molecule has 2 nitrogen and oxygen atoms in total. The van der Waals surface area contributed by atoms with Crippen molar-refractivity contribution in [1.82, 2.24) is 4.98 Å². The average molecular weight is 280 g/mol. The first kappa shape index (κ1) is 11.4. The highest BCUT2D eigenvalue weighted by molar-refractivity contribution is 9.10. The van der Waals surface area contributed by atoms with Gasteiger partial charge in [-0.3, -0.25) is 4.98 Å². The van der Waals surface area contributed by atoms with Crippen LogP contribution in [-0.2, 0) is 5.41 Å². The summed E-state index contributed by atoms with van der Waals surface area (Å²) in [7, 11) is 0. The minimum atomic E-state index is 0.00775. The van der Waals surface area contributed by atoms with Gasteiger partial charge in [0.1, 0.15) is 11.3 Å². The van der Waals surface area contributed by atoms with E-state index in [1.54, 1.807) is 12.3 Å². The molecule has 0 amide bonds. The van der Waals surface area contributed by atoms with Gasteiger partial charge in [0, 0.05) is 16.1 Å². The Bertz CT molecular complexity index is 543. The number of halogens is 1. The molecule has 0 unspecified atom stereocenters. The summed E-state index contributed by atoms with van der Waals surface area (Å²) in [6, 6.07) is 5.50. The Labute approximate surface area is 103 Å². The van der Waals surface area contributed by atoms with E-state index in [-0.39, 0.29) is 11.2 Å². The summed E-state index contributed by atoms with van der Waals surface area (Å²) in [5, 5.41) is 10.8. The van der Waals surface area contributed by atoms with Crippen molar-refractivity contribution < 1.29 is 5.11 Å². The summed E-state index contributed by atoms with van der Waals surface area (Å²) in [6.07, 6.45) is 1.75. The predicted molar refractivity (Wildman–Crippen MR) is 69.8 cm³/mol. The molecule has 1 aromatic heterocycles. The van der Waals surface area contributed by atoms with Crippen LogP contribution in [0.2, 0.25) is 0 Å². The molecule has 0 bridgehead atoms. The Morgan fingerprint density at radius 1 is 1.25 bits per heavy atom. The van der Waals surface area contributed by atoms with E-state index in [2.05, 4.69) is 41.7 Å². The van der Waals surface area contributed by atoms with Gasteiger partial charge in [-0.15, -0.1) is 0 Å². The van der Waals surface area contributed by atoms with Crippen molar-refractivity contribution in [3.63, 3.8) is 0 Å². The first-order valence-electron chi connectivity index (χ1n) is 5.18. The lowest BCUT2D eigenvalue weighted by molar-refractivity contribution is 0.480. The third-order valence-corrected chi connectivity index (χ3v) is 3.18. The summed E-state index contributed by atoms with van der Waals surface area (Å²) in [6.45, 7) is 6.45. The summed E-state index contributed by atoms with van der Waals surface area (Å²) < 4.78 is 0.984. The third kappa shape index (κ3) is 1.80. The number of hydrogen-bond acceptors (Lipinski definition) is 2. The Balaban J connectivity index is 2.91. The highest BCUT2D eigenvalue weighted by Crippen LogP contribution is 2.37. The van der Waals surface area contributed by atoms with E-state index in [1.807, 2.05) is 12.1 Å². The van der Waals surface area contributed by atoms with Crippen LogP contribution in [0.3, 0.4) is 0 Å². The molecule has 0 aliphatic rings. The standard InChI is InChI=1S/C13H14BrNO/c1-13(2,3)11-8-5-4-6-10(16)12(8)15-7-9(11)14/h4-7,16H,1-3H3. The van der Waals surface area contributed by atoms with Crippen LogP contribution in [0, 0.1) is 0 Å². The highest BCUT2D eigenvalue weighted by atomic mass is 79.9. The number of hydrogen-bond donors (Lipinski definition) is 1. The molecular formula is C13H14BrNO. The second kappa shape index (κ2) is 3.74. The zero-order chi connectivity index (χ0) is 11.9. The summed E-state index contributed by atoms with van der Waals surface area (Å²) in [4.78, 5) is 4.26. The van der Waals surface area contributed by atoms with Gasteiger partial charge in [0.2, 0.25) is 0 Å². The molecule has 1 heterocycles. The van der Waals surface area contributed by atoms with Gasteiger partial charge >= 0.3 is 0 Å². The topological polar surface area (TPSA) is 33.1 Å². The van der Waals surface area contributed by atoms with Crippen molar-refractivity contribution in [2.75, 3.05) is 0 Å². The lowest BCUT2D eigenvalue weighted by Crippen LogP contribution is -2.13. The number of phenolic OH excluding ortho intramolecular Hbond substituents is 1. The monoisotopic (exact) mass is 279 g/mol. The number of para-hydroxylation sites is 1. The van der Waals surface area contributed by atoms with Gasteiger partial charge in [-0.2, -0.15) is 0 Å². The molecule has 0 aliphatic heterocycles. The fourth-order valence-corrected chi connectivity index (χ4v) is 2.86. The largest absolute Gasteiger partial charge is 0.506 e. The maximum atomic E-state index is 9.77. The van der Waals surface area contributed by atoms with Crippen molar-refractivity contribution in [2.45, 2.75) is 26.2 Å². The molecule has 84 valence electrons. The average Bonchev–Trinajstić information content (AvgIpc) is 2.15. The Kier molecular flexibility index (Phi) is 2.66. The van der Waals surface area contributed by atoms with Crippen molar-refractivity contribution in [1.29, 1.82) is 0 Å². The zero-order valence-electron chi connectivity index (χ0n) is 9.58. The van der Waals surface area contributed by atoms with Crippen LogP contribution in [0.1, 0.15) is 26.3 Å². The minimum absolute atomic E-state index is 0.00775. The summed E-state index contributed by atoms with van der Waals surface area (Å²) in [5.41, 5.74) is 1.84. The number of phenols is 1. The molecule has 0 fully saturated rings. The van der Waals surface area contributed by atoms with Crippen LogP contribution >= 0.6 is 15.9 Å². The van der Waals surface area contributed by atoms with Crippen molar-refractivity contribution in [3.8, 4) is 5.75 Å². The molecule has 0 aliphatic carbocycles. The fourth-order valence-electron chi connectivity index (χ4n) is 1.95. The lowest BCUT2D eigenvalue weighted by Gasteiger charge is -2.22. The van der Waals surface area contributed by atoms with Gasteiger partial charge in [-0.25, -0.2) is 0 Å². The van der Waals surface area contributed by atoms with Crippen molar-refractivity contribution in [2.24, 2.45) is 0 Å². The molecule has 16 heavy (non-hydrogen) atoms. The Morgan fingerprint density at radius 2 is 1.94 bits per heavy atom. The molecule has 1 N–H and O–H groups in total. The number of benzene rings is 1. The van der Waals surface area contributed by atoms with Gasteiger partial charge in [-0.1, -0.05) is 32.9 Å². The van der Waals surface area contributed by atoms with E-state index in [0.717, 1.165) is 9.86 Å². The first-order chi connectivity index (χ1) is 7.41.